The third kappa shape index (κ3) is 2.39. The van der Waals surface area contributed by atoms with Gasteiger partial charge in [-0.1, -0.05) is 11.6 Å². The molecule has 0 bridgehead atoms. The van der Waals surface area contributed by atoms with Gasteiger partial charge in [0.2, 0.25) is 0 Å². The summed E-state index contributed by atoms with van der Waals surface area (Å²) in [5, 5.41) is 9.07. The Balaban J connectivity index is 1.92. The first-order valence-electron chi connectivity index (χ1n) is 4.73. The Morgan fingerprint density at radius 1 is 1.67 bits per heavy atom. The molecule has 0 aromatic carbocycles. The Morgan fingerprint density at radius 2 is 2.40 bits per heavy atom. The molecule has 0 amide bonds. The van der Waals surface area contributed by atoms with E-state index in [0.29, 0.717) is 5.15 Å². The van der Waals surface area contributed by atoms with Gasteiger partial charge in [0.25, 0.3) is 0 Å². The smallest absolute Gasteiger partial charge is 0.303 e. The molecule has 15 heavy (non-hydrogen) atoms. The van der Waals surface area contributed by atoms with E-state index in [4.69, 9.17) is 16.7 Å². The van der Waals surface area contributed by atoms with Crippen LogP contribution in [0.25, 0.3) is 0 Å². The van der Waals surface area contributed by atoms with Crippen molar-refractivity contribution in [1.82, 2.24) is 4.98 Å². The average molecular weight is 227 g/mol. The summed E-state index contributed by atoms with van der Waals surface area (Å²) >= 11 is 5.76. The number of hydrogen-bond acceptors (Lipinski definition) is 3. The quantitative estimate of drug-likeness (QED) is 0.797. The second kappa shape index (κ2) is 4.06. The van der Waals surface area contributed by atoms with E-state index in [1.165, 1.54) is 0 Å². The molecule has 0 unspecified atom stereocenters. The molecule has 0 atom stereocenters. The van der Waals surface area contributed by atoms with Gasteiger partial charge in [0.15, 0.2) is 0 Å². The van der Waals surface area contributed by atoms with Gasteiger partial charge < -0.3 is 10.0 Å². The van der Waals surface area contributed by atoms with Gasteiger partial charge in [0.1, 0.15) is 5.15 Å². The van der Waals surface area contributed by atoms with Gasteiger partial charge in [-0.05, 0) is 12.1 Å². The fourth-order valence-corrected chi connectivity index (χ4v) is 1.91. The molecule has 80 valence electrons. The third-order valence-corrected chi connectivity index (χ3v) is 2.70. The number of anilines is 1. The summed E-state index contributed by atoms with van der Waals surface area (Å²) in [5.41, 5.74) is 1.01. The number of aliphatic carboxylic acids is 1. The molecule has 0 radical (unpaired) electrons. The van der Waals surface area contributed by atoms with Crippen molar-refractivity contribution in [3.05, 3.63) is 23.5 Å². The topological polar surface area (TPSA) is 53.4 Å². The molecule has 0 aliphatic carbocycles. The molecule has 0 spiro atoms. The Hall–Kier alpha value is -1.29. The van der Waals surface area contributed by atoms with Crippen molar-refractivity contribution in [2.45, 2.75) is 6.42 Å². The second-order valence-electron chi connectivity index (χ2n) is 3.71. The van der Waals surface area contributed by atoms with Crippen LogP contribution in [0.15, 0.2) is 18.3 Å². The second-order valence-corrected chi connectivity index (χ2v) is 4.09. The number of rotatable bonds is 3. The fraction of sp³-hybridized carbons (Fsp3) is 0.400. The molecule has 1 saturated heterocycles. The fourth-order valence-electron chi connectivity index (χ4n) is 1.75. The first-order chi connectivity index (χ1) is 7.15. The van der Waals surface area contributed by atoms with Crippen molar-refractivity contribution in [3.8, 4) is 0 Å². The van der Waals surface area contributed by atoms with E-state index in [0.717, 1.165) is 18.8 Å². The highest BCUT2D eigenvalue weighted by Gasteiger charge is 2.28. The van der Waals surface area contributed by atoms with Crippen LogP contribution in [0.2, 0.25) is 5.15 Å². The summed E-state index contributed by atoms with van der Waals surface area (Å²) in [6.45, 7) is 1.57. The van der Waals surface area contributed by atoms with Gasteiger partial charge in [-0.2, -0.15) is 0 Å². The maximum Gasteiger partial charge on any atom is 0.303 e. The highest BCUT2D eigenvalue weighted by molar-refractivity contribution is 6.29. The largest absolute Gasteiger partial charge is 0.481 e. The molecule has 4 nitrogen and oxygen atoms in total. The van der Waals surface area contributed by atoms with E-state index in [2.05, 4.69) is 9.88 Å². The molecule has 2 heterocycles. The van der Waals surface area contributed by atoms with Crippen LogP contribution < -0.4 is 4.90 Å². The summed E-state index contributed by atoms with van der Waals surface area (Å²) in [6.07, 6.45) is 1.90. The monoisotopic (exact) mass is 226 g/mol. The number of halogens is 1. The Kier molecular flexibility index (Phi) is 2.77. The molecule has 5 heteroatoms. The lowest BCUT2D eigenvalue weighted by Crippen LogP contribution is -2.47. The van der Waals surface area contributed by atoms with Crippen LogP contribution in [-0.4, -0.2) is 29.1 Å². The van der Waals surface area contributed by atoms with E-state index >= 15 is 0 Å². The van der Waals surface area contributed by atoms with E-state index in [-0.39, 0.29) is 12.3 Å². The van der Waals surface area contributed by atoms with Crippen LogP contribution in [0.1, 0.15) is 6.42 Å². The average Bonchev–Trinajstić information content (AvgIpc) is 2.10. The predicted octanol–water partition coefficient (Wildman–Crippen LogP) is 1.65. The van der Waals surface area contributed by atoms with Crippen molar-refractivity contribution in [3.63, 3.8) is 0 Å². The summed E-state index contributed by atoms with van der Waals surface area (Å²) in [4.78, 5) is 16.4. The number of nitrogens with zero attached hydrogens (tertiary/aromatic N) is 2. The highest BCUT2D eigenvalue weighted by atomic mass is 35.5. The van der Waals surface area contributed by atoms with Crippen molar-refractivity contribution in [2.24, 2.45) is 5.92 Å². The zero-order valence-corrected chi connectivity index (χ0v) is 8.81. The van der Waals surface area contributed by atoms with Crippen LogP contribution in [0, 0.1) is 5.92 Å². The van der Waals surface area contributed by atoms with Crippen LogP contribution in [0.4, 0.5) is 5.69 Å². The molecule has 1 aliphatic heterocycles. The number of hydrogen-bond donors (Lipinski definition) is 1. The molecule has 1 aromatic rings. The lowest BCUT2D eigenvalue weighted by Gasteiger charge is -2.40. The number of carboxylic acid groups (broad SMARTS) is 1. The number of carboxylic acids is 1. The molecular weight excluding hydrogens is 216 g/mol. The van der Waals surface area contributed by atoms with E-state index in [1.807, 2.05) is 6.07 Å². The van der Waals surface area contributed by atoms with Gasteiger partial charge in [-0.25, -0.2) is 4.98 Å². The summed E-state index contributed by atoms with van der Waals surface area (Å²) in [7, 11) is 0. The van der Waals surface area contributed by atoms with Gasteiger partial charge in [-0.3, -0.25) is 4.79 Å². The Morgan fingerprint density at radius 3 is 3.00 bits per heavy atom. The number of carbonyl (C=O) groups is 1. The highest BCUT2D eigenvalue weighted by Crippen LogP contribution is 2.27. The Labute approximate surface area is 92.5 Å². The summed E-state index contributed by atoms with van der Waals surface area (Å²) in [5.74, 6) is -0.471. The van der Waals surface area contributed by atoms with Crippen LogP contribution in [0.3, 0.4) is 0 Å². The number of pyridine rings is 1. The molecule has 1 aliphatic rings. The maximum atomic E-state index is 10.5. The van der Waals surface area contributed by atoms with Crippen molar-refractivity contribution >= 4 is 23.3 Å². The first-order valence-corrected chi connectivity index (χ1v) is 5.11. The molecule has 1 fully saturated rings. The van der Waals surface area contributed by atoms with Crippen LogP contribution in [-0.2, 0) is 4.79 Å². The molecular formula is C10H11ClN2O2. The van der Waals surface area contributed by atoms with Gasteiger partial charge in [0, 0.05) is 30.9 Å². The first kappa shape index (κ1) is 10.2. The lowest BCUT2D eigenvalue weighted by atomic mass is 9.96. The zero-order valence-electron chi connectivity index (χ0n) is 8.06. The lowest BCUT2D eigenvalue weighted by molar-refractivity contribution is -0.138. The van der Waals surface area contributed by atoms with Crippen LogP contribution >= 0.6 is 11.6 Å². The SMILES string of the molecule is O=C(O)CC1CN(c2ccnc(Cl)c2)C1. The predicted molar refractivity (Wildman–Crippen MR) is 57.2 cm³/mol. The third-order valence-electron chi connectivity index (χ3n) is 2.50. The number of aromatic nitrogens is 1. The van der Waals surface area contributed by atoms with Gasteiger partial charge >= 0.3 is 5.97 Å². The molecule has 1 N–H and O–H groups in total. The Bertz CT molecular complexity index is 377. The molecule has 2 rings (SSSR count). The normalized spacial score (nSPS) is 16.2. The van der Waals surface area contributed by atoms with E-state index < -0.39 is 5.97 Å². The minimum absolute atomic E-state index is 0.245. The van der Waals surface area contributed by atoms with Gasteiger partial charge in [-0.15, -0.1) is 0 Å². The van der Waals surface area contributed by atoms with Crippen molar-refractivity contribution in [2.75, 3.05) is 18.0 Å². The van der Waals surface area contributed by atoms with E-state index in [9.17, 15) is 4.79 Å². The van der Waals surface area contributed by atoms with Crippen molar-refractivity contribution in [1.29, 1.82) is 0 Å². The van der Waals surface area contributed by atoms with Crippen LogP contribution in [0.5, 0.6) is 0 Å². The summed E-state index contributed by atoms with van der Waals surface area (Å²) in [6, 6.07) is 3.67. The molecule has 1 aromatic heterocycles. The standard InChI is InChI=1S/C10H11ClN2O2/c11-9-4-8(1-2-12-9)13-5-7(6-13)3-10(14)15/h1-2,4,7H,3,5-6H2,(H,14,15). The van der Waals surface area contributed by atoms with E-state index in [1.54, 1.807) is 12.3 Å². The zero-order chi connectivity index (χ0) is 10.8. The molecule has 0 saturated carbocycles. The maximum absolute atomic E-state index is 10.5. The minimum Gasteiger partial charge on any atom is -0.481 e. The summed E-state index contributed by atoms with van der Waals surface area (Å²) < 4.78 is 0. The minimum atomic E-state index is -0.729. The van der Waals surface area contributed by atoms with Gasteiger partial charge in [0.05, 0.1) is 6.42 Å². The van der Waals surface area contributed by atoms with Crippen molar-refractivity contribution < 1.29 is 9.90 Å².